The van der Waals surface area contributed by atoms with E-state index < -0.39 is 7.38 Å². The van der Waals surface area contributed by atoms with E-state index in [-0.39, 0.29) is 10.8 Å². The van der Waals surface area contributed by atoms with Gasteiger partial charge in [-0.05, 0) is 50.1 Å². The number of hydrogen-bond acceptors (Lipinski definition) is 0. The Morgan fingerprint density at radius 1 is 0.867 bits per heavy atom. The Morgan fingerprint density at radius 3 is 1.83 bits per heavy atom. The maximum Gasteiger partial charge on any atom is 0.161 e. The normalized spacial score (nSPS) is 17.3. The topological polar surface area (TPSA) is 0 Å². The molecule has 0 nitrogen and oxygen atoms in total. The SMILES string of the molecule is CC(C)C1=Cc2c(-c3cc(C(C)(C)C)cc(C(C)(C)C)c3)cccc2C1[Si](C)(C)Cl. The number of hydrogen-bond donors (Lipinski definition) is 0. The van der Waals surface area contributed by atoms with Crippen molar-refractivity contribution in [3.8, 4) is 11.1 Å². The van der Waals surface area contributed by atoms with E-state index in [4.69, 9.17) is 11.1 Å². The van der Waals surface area contributed by atoms with Crippen LogP contribution < -0.4 is 0 Å². The van der Waals surface area contributed by atoms with E-state index in [0.717, 1.165) is 0 Å². The van der Waals surface area contributed by atoms with Gasteiger partial charge >= 0.3 is 0 Å². The molecule has 30 heavy (non-hydrogen) atoms. The molecular weight excluding hydrogens is 400 g/mol. The van der Waals surface area contributed by atoms with Crippen molar-refractivity contribution in [3.05, 3.63) is 64.2 Å². The molecule has 1 aliphatic rings. The van der Waals surface area contributed by atoms with Crippen LogP contribution in [0, 0.1) is 5.92 Å². The third kappa shape index (κ3) is 4.48. The Labute approximate surface area is 190 Å². The van der Waals surface area contributed by atoms with Gasteiger partial charge in [-0.3, -0.25) is 0 Å². The lowest BCUT2D eigenvalue weighted by molar-refractivity contribution is 0.569. The van der Waals surface area contributed by atoms with Crippen LogP contribution in [-0.4, -0.2) is 7.38 Å². The second kappa shape index (κ2) is 7.68. The van der Waals surface area contributed by atoms with Crippen molar-refractivity contribution in [2.75, 3.05) is 0 Å². The lowest BCUT2D eigenvalue weighted by atomic mass is 9.78. The summed E-state index contributed by atoms with van der Waals surface area (Å²) in [5.41, 5.74) is 10.4. The molecule has 2 heteroatoms. The van der Waals surface area contributed by atoms with Crippen LogP contribution in [0.5, 0.6) is 0 Å². The predicted molar refractivity (Wildman–Crippen MR) is 138 cm³/mol. The number of fused-ring (bicyclic) bond motifs is 1. The Bertz CT molecular complexity index is 943. The van der Waals surface area contributed by atoms with Gasteiger partial charge in [0, 0.05) is 5.54 Å². The molecule has 1 unspecified atom stereocenters. The maximum absolute atomic E-state index is 7.07. The van der Waals surface area contributed by atoms with E-state index in [1.54, 1.807) is 0 Å². The van der Waals surface area contributed by atoms with Crippen molar-refractivity contribution in [2.45, 2.75) is 84.9 Å². The minimum atomic E-state index is -1.90. The highest BCUT2D eigenvalue weighted by atomic mass is 35.6. The highest BCUT2D eigenvalue weighted by molar-refractivity contribution is 7.20. The summed E-state index contributed by atoms with van der Waals surface area (Å²) >= 11 is 7.07. The van der Waals surface area contributed by atoms with E-state index in [9.17, 15) is 0 Å². The number of allylic oxidation sites excluding steroid dienone is 1. The van der Waals surface area contributed by atoms with E-state index in [1.807, 2.05) is 0 Å². The van der Waals surface area contributed by atoms with Crippen LogP contribution in [0.3, 0.4) is 0 Å². The zero-order valence-corrected chi connectivity index (χ0v) is 22.3. The lowest BCUT2D eigenvalue weighted by Crippen LogP contribution is -2.30. The highest BCUT2D eigenvalue weighted by Crippen LogP contribution is 2.49. The first-order valence-corrected chi connectivity index (χ1v) is 15.4. The minimum absolute atomic E-state index is 0.112. The summed E-state index contributed by atoms with van der Waals surface area (Å²) in [6, 6.07) is 14.1. The first-order valence-electron chi connectivity index (χ1n) is 11.3. The van der Waals surface area contributed by atoms with Crippen LogP contribution in [0.4, 0.5) is 0 Å². The Hall–Kier alpha value is -1.31. The Morgan fingerprint density at radius 2 is 1.40 bits per heavy atom. The van der Waals surface area contributed by atoms with Gasteiger partial charge in [-0.1, -0.05) is 117 Å². The molecule has 0 N–H and O–H groups in total. The van der Waals surface area contributed by atoms with Crippen LogP contribution in [0.15, 0.2) is 42.0 Å². The smallest absolute Gasteiger partial charge is 0.161 e. The lowest BCUT2D eigenvalue weighted by Gasteiger charge is -2.29. The maximum atomic E-state index is 7.07. The van der Waals surface area contributed by atoms with Crippen LogP contribution >= 0.6 is 11.1 Å². The average Bonchev–Trinajstić information content (AvgIpc) is 3.00. The Balaban J connectivity index is 2.29. The van der Waals surface area contributed by atoms with Crippen molar-refractivity contribution in [3.63, 3.8) is 0 Å². The zero-order valence-electron chi connectivity index (χ0n) is 20.6. The van der Waals surface area contributed by atoms with Gasteiger partial charge < -0.3 is 0 Å². The molecule has 0 aromatic heterocycles. The standard InChI is InChI=1S/C28H39ClSi/c1-18(2)24-17-25-22(12-11-13-23(25)26(24)30(9,10)29)19-14-20(27(3,4)5)16-21(15-19)28(6,7)8/h11-18,26H,1-10H3. The summed E-state index contributed by atoms with van der Waals surface area (Å²) < 4.78 is 0. The molecule has 0 aliphatic heterocycles. The molecule has 0 radical (unpaired) electrons. The van der Waals surface area contributed by atoms with Crippen molar-refractivity contribution >= 4 is 24.5 Å². The third-order valence-electron chi connectivity index (χ3n) is 6.42. The van der Waals surface area contributed by atoms with Gasteiger partial charge in [0.25, 0.3) is 0 Å². The first-order chi connectivity index (χ1) is 13.6. The molecule has 3 rings (SSSR count). The fourth-order valence-electron chi connectivity index (χ4n) is 4.59. The second-order valence-electron chi connectivity index (χ2n) is 11.9. The van der Waals surface area contributed by atoms with Crippen molar-refractivity contribution in [1.29, 1.82) is 0 Å². The van der Waals surface area contributed by atoms with Crippen LogP contribution in [0.2, 0.25) is 13.1 Å². The largest absolute Gasteiger partial charge is 0.167 e. The molecule has 0 bridgehead atoms. The molecule has 2 aromatic carbocycles. The molecule has 2 aromatic rings. The predicted octanol–water partition coefficient (Wildman–Crippen LogP) is 9.07. The number of benzene rings is 2. The average molecular weight is 439 g/mol. The zero-order chi connectivity index (χ0) is 22.6. The number of halogens is 1. The molecule has 0 amide bonds. The van der Waals surface area contributed by atoms with Gasteiger partial charge in [0.15, 0.2) is 7.38 Å². The summed E-state index contributed by atoms with van der Waals surface area (Å²) in [7, 11) is -1.90. The van der Waals surface area contributed by atoms with Crippen molar-refractivity contribution in [1.82, 2.24) is 0 Å². The summed E-state index contributed by atoms with van der Waals surface area (Å²) in [5.74, 6) is 0.506. The fourth-order valence-corrected chi connectivity index (χ4v) is 7.52. The summed E-state index contributed by atoms with van der Waals surface area (Å²) in [4.78, 5) is 0. The van der Waals surface area contributed by atoms with Gasteiger partial charge in [0.1, 0.15) is 0 Å². The van der Waals surface area contributed by atoms with E-state index in [0.29, 0.717) is 11.5 Å². The fraction of sp³-hybridized carbons (Fsp3) is 0.500. The molecule has 0 saturated heterocycles. The molecular formula is C28H39ClSi. The van der Waals surface area contributed by atoms with E-state index >= 15 is 0 Å². The van der Waals surface area contributed by atoms with Gasteiger partial charge in [-0.25, -0.2) is 0 Å². The molecule has 162 valence electrons. The van der Waals surface area contributed by atoms with E-state index in [1.165, 1.54) is 39.0 Å². The molecule has 0 saturated carbocycles. The molecule has 0 spiro atoms. The quantitative estimate of drug-likeness (QED) is 0.331. The third-order valence-corrected chi connectivity index (χ3v) is 9.10. The van der Waals surface area contributed by atoms with Crippen LogP contribution in [0.1, 0.15) is 83.2 Å². The molecule has 1 aliphatic carbocycles. The second-order valence-corrected chi connectivity index (χ2v) is 18.5. The summed E-state index contributed by atoms with van der Waals surface area (Å²) in [6.07, 6.45) is 2.46. The number of rotatable bonds is 3. The summed E-state index contributed by atoms with van der Waals surface area (Å²) in [5, 5.41) is 0. The van der Waals surface area contributed by atoms with Gasteiger partial charge in [-0.15, -0.1) is 0 Å². The van der Waals surface area contributed by atoms with Gasteiger partial charge in [0.2, 0.25) is 0 Å². The minimum Gasteiger partial charge on any atom is -0.167 e. The van der Waals surface area contributed by atoms with E-state index in [2.05, 4.69) is 111 Å². The summed E-state index contributed by atoms with van der Waals surface area (Å²) in [6.45, 7) is 23.0. The van der Waals surface area contributed by atoms with Crippen LogP contribution in [0.25, 0.3) is 17.2 Å². The van der Waals surface area contributed by atoms with Crippen LogP contribution in [-0.2, 0) is 10.8 Å². The molecule has 0 fully saturated rings. The van der Waals surface area contributed by atoms with Crippen molar-refractivity contribution < 1.29 is 0 Å². The van der Waals surface area contributed by atoms with Crippen molar-refractivity contribution in [2.24, 2.45) is 5.92 Å². The Kier molecular flexibility index (Phi) is 5.97. The van der Waals surface area contributed by atoms with Gasteiger partial charge in [0.05, 0.1) is 0 Å². The molecule has 0 heterocycles. The first kappa shape index (κ1) is 23.4. The molecule has 1 atom stereocenters. The highest BCUT2D eigenvalue weighted by Gasteiger charge is 2.40. The monoisotopic (exact) mass is 438 g/mol. The van der Waals surface area contributed by atoms with Gasteiger partial charge in [-0.2, -0.15) is 11.1 Å².